The van der Waals surface area contributed by atoms with Crippen molar-refractivity contribution in [2.45, 2.75) is 26.4 Å². The molecule has 4 heteroatoms. The van der Waals surface area contributed by atoms with E-state index in [0.29, 0.717) is 6.04 Å². The average Bonchev–Trinajstić information content (AvgIpc) is 3.15. The van der Waals surface area contributed by atoms with E-state index >= 15 is 0 Å². The zero-order valence-corrected chi connectivity index (χ0v) is 13.8. The monoisotopic (exact) mass is 314 g/mol. The Balaban J connectivity index is 2.00. The van der Waals surface area contributed by atoms with Crippen molar-refractivity contribution >= 4 is 22.7 Å². The van der Waals surface area contributed by atoms with Gasteiger partial charge in [0.2, 0.25) is 0 Å². The van der Waals surface area contributed by atoms with Gasteiger partial charge in [0.05, 0.1) is 10.6 Å². The lowest BCUT2D eigenvalue weighted by Gasteiger charge is -2.07. The second-order valence-corrected chi connectivity index (χ2v) is 7.20. The number of aromatic nitrogens is 1. The van der Waals surface area contributed by atoms with E-state index in [0.717, 1.165) is 17.2 Å². The van der Waals surface area contributed by atoms with E-state index < -0.39 is 0 Å². The summed E-state index contributed by atoms with van der Waals surface area (Å²) in [6, 6.07) is 15.1. The van der Waals surface area contributed by atoms with E-state index in [-0.39, 0.29) is 0 Å². The van der Waals surface area contributed by atoms with Crippen LogP contribution in [-0.2, 0) is 6.54 Å². The van der Waals surface area contributed by atoms with Gasteiger partial charge in [-0.05, 0) is 11.4 Å². The minimum absolute atomic E-state index is 0.473. The molecular weight excluding hydrogens is 296 g/mol. The van der Waals surface area contributed by atoms with Crippen LogP contribution in [0.5, 0.6) is 0 Å². The molecule has 21 heavy (non-hydrogen) atoms. The second kappa shape index (κ2) is 6.52. The van der Waals surface area contributed by atoms with Gasteiger partial charge in [0.25, 0.3) is 0 Å². The molecule has 1 N–H and O–H groups in total. The number of nitrogens with zero attached hydrogens (tertiary/aromatic N) is 1. The van der Waals surface area contributed by atoms with Crippen LogP contribution in [0.4, 0.5) is 0 Å². The van der Waals surface area contributed by atoms with Crippen LogP contribution in [0.3, 0.4) is 0 Å². The normalized spacial score (nSPS) is 11.2. The number of hydrogen-bond acceptors (Lipinski definition) is 4. The van der Waals surface area contributed by atoms with Gasteiger partial charge in [-0.3, -0.25) is 0 Å². The highest BCUT2D eigenvalue weighted by molar-refractivity contribution is 7.21. The summed E-state index contributed by atoms with van der Waals surface area (Å²) in [7, 11) is 0. The molecule has 0 atom stereocenters. The highest BCUT2D eigenvalue weighted by Crippen LogP contribution is 2.35. The van der Waals surface area contributed by atoms with Crippen molar-refractivity contribution in [1.82, 2.24) is 10.3 Å². The fourth-order valence-corrected chi connectivity index (χ4v) is 3.93. The molecule has 2 nitrogen and oxygen atoms in total. The minimum atomic E-state index is 0.473. The Hall–Kier alpha value is -1.49. The molecular formula is C17H18N2S2. The second-order valence-electron chi connectivity index (χ2n) is 5.17. The van der Waals surface area contributed by atoms with Crippen molar-refractivity contribution in [3.8, 4) is 21.1 Å². The molecule has 2 heterocycles. The highest BCUT2D eigenvalue weighted by atomic mass is 32.1. The lowest BCUT2D eigenvalue weighted by atomic mass is 10.1. The van der Waals surface area contributed by atoms with Crippen molar-refractivity contribution in [2.75, 3.05) is 0 Å². The third-order valence-corrected chi connectivity index (χ3v) is 5.24. The van der Waals surface area contributed by atoms with E-state index in [1.807, 2.05) is 6.07 Å². The number of nitrogens with one attached hydrogen (secondary N) is 1. The number of thiophene rings is 1. The van der Waals surface area contributed by atoms with Gasteiger partial charge in [-0.15, -0.1) is 22.7 Å². The van der Waals surface area contributed by atoms with Gasteiger partial charge in [0.1, 0.15) is 5.01 Å². The molecule has 0 aliphatic heterocycles. The van der Waals surface area contributed by atoms with E-state index in [2.05, 4.69) is 60.9 Å². The first-order valence-corrected chi connectivity index (χ1v) is 8.76. The van der Waals surface area contributed by atoms with Crippen molar-refractivity contribution in [2.24, 2.45) is 0 Å². The molecule has 1 aromatic carbocycles. The predicted molar refractivity (Wildman–Crippen MR) is 92.8 cm³/mol. The van der Waals surface area contributed by atoms with Crippen LogP contribution in [0.2, 0.25) is 0 Å². The maximum Gasteiger partial charge on any atom is 0.134 e. The maximum atomic E-state index is 4.89. The highest BCUT2D eigenvalue weighted by Gasteiger charge is 2.14. The molecule has 2 aromatic heterocycles. The molecule has 0 fully saturated rings. The summed E-state index contributed by atoms with van der Waals surface area (Å²) >= 11 is 3.54. The zero-order valence-electron chi connectivity index (χ0n) is 12.2. The van der Waals surface area contributed by atoms with Crippen LogP contribution < -0.4 is 5.32 Å². The van der Waals surface area contributed by atoms with Gasteiger partial charge in [0.15, 0.2) is 0 Å². The van der Waals surface area contributed by atoms with Gasteiger partial charge in [0, 0.05) is 23.0 Å². The summed E-state index contributed by atoms with van der Waals surface area (Å²) in [6.07, 6.45) is 0. The molecule has 3 rings (SSSR count). The zero-order chi connectivity index (χ0) is 14.7. The Labute approximate surface area is 133 Å². The molecule has 0 amide bonds. The Kier molecular flexibility index (Phi) is 4.48. The molecule has 3 aromatic rings. The third kappa shape index (κ3) is 3.40. The van der Waals surface area contributed by atoms with Gasteiger partial charge < -0.3 is 5.32 Å². The van der Waals surface area contributed by atoms with Gasteiger partial charge in [-0.25, -0.2) is 4.98 Å². The number of rotatable bonds is 5. The molecule has 0 radical (unpaired) electrons. The van der Waals surface area contributed by atoms with Crippen LogP contribution in [0, 0.1) is 0 Å². The average molecular weight is 314 g/mol. The molecule has 0 saturated carbocycles. The summed E-state index contributed by atoms with van der Waals surface area (Å²) in [6.45, 7) is 5.21. The van der Waals surface area contributed by atoms with E-state index in [4.69, 9.17) is 4.98 Å². The minimum Gasteiger partial charge on any atom is -0.310 e. The third-order valence-electron chi connectivity index (χ3n) is 3.15. The van der Waals surface area contributed by atoms with Crippen molar-refractivity contribution < 1.29 is 0 Å². The SMILES string of the molecule is CC(C)NCc1sc(-c2cccs2)nc1-c1ccccc1. The number of benzene rings is 1. The fraction of sp³-hybridized carbons (Fsp3) is 0.235. The fourth-order valence-electron chi connectivity index (χ4n) is 2.10. The molecule has 0 saturated heterocycles. The van der Waals surface area contributed by atoms with Gasteiger partial charge >= 0.3 is 0 Å². The largest absolute Gasteiger partial charge is 0.310 e. The Morgan fingerprint density at radius 1 is 1.10 bits per heavy atom. The number of thiazole rings is 1. The Bertz CT molecular complexity index is 685. The standard InChI is InChI=1S/C17H18N2S2/c1-12(2)18-11-15-16(13-7-4-3-5-8-13)19-17(21-15)14-9-6-10-20-14/h3-10,12,18H,11H2,1-2H3. The summed E-state index contributed by atoms with van der Waals surface area (Å²) in [4.78, 5) is 7.44. The quantitative estimate of drug-likeness (QED) is 0.714. The Morgan fingerprint density at radius 3 is 2.57 bits per heavy atom. The smallest absolute Gasteiger partial charge is 0.134 e. The molecule has 0 bridgehead atoms. The van der Waals surface area contributed by atoms with E-state index in [1.54, 1.807) is 22.7 Å². The van der Waals surface area contributed by atoms with Crippen LogP contribution in [-0.4, -0.2) is 11.0 Å². The summed E-state index contributed by atoms with van der Waals surface area (Å²) in [5, 5.41) is 6.72. The van der Waals surface area contributed by atoms with Crippen LogP contribution in [0.1, 0.15) is 18.7 Å². The molecule has 0 unspecified atom stereocenters. The predicted octanol–water partition coefficient (Wildman–Crippen LogP) is 5.04. The van der Waals surface area contributed by atoms with Crippen LogP contribution >= 0.6 is 22.7 Å². The number of hydrogen-bond donors (Lipinski definition) is 1. The van der Waals surface area contributed by atoms with Crippen molar-refractivity contribution in [1.29, 1.82) is 0 Å². The molecule has 0 spiro atoms. The maximum absolute atomic E-state index is 4.89. The van der Waals surface area contributed by atoms with Gasteiger partial charge in [-0.1, -0.05) is 50.2 Å². The molecule has 108 valence electrons. The van der Waals surface area contributed by atoms with Crippen molar-refractivity contribution in [3.63, 3.8) is 0 Å². The first kappa shape index (κ1) is 14.4. The van der Waals surface area contributed by atoms with Crippen LogP contribution in [0.25, 0.3) is 21.1 Å². The van der Waals surface area contributed by atoms with Crippen LogP contribution in [0.15, 0.2) is 47.8 Å². The summed E-state index contributed by atoms with van der Waals surface area (Å²) in [5.74, 6) is 0. The Morgan fingerprint density at radius 2 is 1.90 bits per heavy atom. The lowest BCUT2D eigenvalue weighted by molar-refractivity contribution is 0.593. The lowest BCUT2D eigenvalue weighted by Crippen LogP contribution is -2.21. The summed E-state index contributed by atoms with van der Waals surface area (Å²) in [5.41, 5.74) is 2.30. The van der Waals surface area contributed by atoms with Crippen molar-refractivity contribution in [3.05, 3.63) is 52.7 Å². The van der Waals surface area contributed by atoms with Gasteiger partial charge in [-0.2, -0.15) is 0 Å². The topological polar surface area (TPSA) is 24.9 Å². The first-order chi connectivity index (χ1) is 10.2. The van der Waals surface area contributed by atoms with E-state index in [9.17, 15) is 0 Å². The summed E-state index contributed by atoms with van der Waals surface area (Å²) < 4.78 is 0. The first-order valence-electron chi connectivity index (χ1n) is 7.06. The molecule has 0 aliphatic carbocycles. The van der Waals surface area contributed by atoms with E-state index in [1.165, 1.54) is 15.3 Å². The molecule has 0 aliphatic rings.